The molecular weight excluding hydrogens is 334 g/mol. The third kappa shape index (κ3) is 2.71. The number of amides is 1. The molecule has 0 bridgehead atoms. The van der Waals surface area contributed by atoms with Gasteiger partial charge in [0.15, 0.2) is 5.71 Å². The molecule has 6 heteroatoms. The van der Waals surface area contributed by atoms with Crippen LogP contribution in [0, 0.1) is 0 Å². The Bertz CT molecular complexity index is 784. The number of phenols is 1. The summed E-state index contributed by atoms with van der Waals surface area (Å²) in [6, 6.07) is 12.2. The molecule has 3 rings (SSSR count). The third-order valence-electron chi connectivity index (χ3n) is 2.99. The Labute approximate surface area is 129 Å². The van der Waals surface area contributed by atoms with E-state index < -0.39 is 0 Å². The Morgan fingerprint density at radius 3 is 2.81 bits per heavy atom. The van der Waals surface area contributed by atoms with Gasteiger partial charge < -0.3 is 10.4 Å². The number of rotatable bonds is 2. The molecule has 0 saturated carbocycles. The second-order valence-corrected chi connectivity index (χ2v) is 5.31. The number of anilines is 1. The highest BCUT2D eigenvalue weighted by molar-refractivity contribution is 9.10. The van der Waals surface area contributed by atoms with Crippen molar-refractivity contribution >= 4 is 39.5 Å². The van der Waals surface area contributed by atoms with E-state index >= 15 is 0 Å². The van der Waals surface area contributed by atoms with Crippen molar-refractivity contribution in [3.05, 3.63) is 58.1 Å². The van der Waals surface area contributed by atoms with Crippen LogP contribution in [0.2, 0.25) is 0 Å². The summed E-state index contributed by atoms with van der Waals surface area (Å²) in [5.41, 5.74) is 2.19. The van der Waals surface area contributed by atoms with Crippen molar-refractivity contribution in [3.63, 3.8) is 0 Å². The Morgan fingerprint density at radius 1 is 1.19 bits per heavy atom. The van der Waals surface area contributed by atoms with Crippen molar-refractivity contribution in [1.29, 1.82) is 0 Å². The Morgan fingerprint density at radius 2 is 2.00 bits per heavy atom. The number of aromatic hydroxyl groups is 1. The molecule has 2 N–H and O–H groups in total. The number of halogens is 1. The maximum atomic E-state index is 11.9. The van der Waals surface area contributed by atoms with Gasteiger partial charge in [-0.05, 0) is 30.3 Å². The number of nitrogens with one attached hydrogen (secondary N) is 1. The molecule has 0 aromatic heterocycles. The number of nitrogens with zero attached hydrogens (tertiary/aromatic N) is 2. The molecule has 1 aliphatic heterocycles. The molecule has 1 heterocycles. The molecule has 1 amide bonds. The highest BCUT2D eigenvalue weighted by Gasteiger charge is 2.26. The van der Waals surface area contributed by atoms with E-state index in [1.54, 1.807) is 30.3 Å². The summed E-state index contributed by atoms with van der Waals surface area (Å²) in [7, 11) is 0. The summed E-state index contributed by atoms with van der Waals surface area (Å²) < 4.78 is 0.857. The number of phenolic OH excluding ortho intramolecular Hbond substituents is 1. The Balaban J connectivity index is 1.93. The second-order valence-electron chi connectivity index (χ2n) is 4.40. The first-order chi connectivity index (χ1) is 10.1. The number of fused-ring (bicyclic) bond motifs is 1. The van der Waals surface area contributed by atoms with Gasteiger partial charge in [-0.1, -0.05) is 28.1 Å². The molecule has 0 unspecified atom stereocenters. The lowest BCUT2D eigenvalue weighted by molar-refractivity contribution is -0.110. The molecule has 0 fully saturated rings. The van der Waals surface area contributed by atoms with Gasteiger partial charge in [-0.3, -0.25) is 4.79 Å². The minimum Gasteiger partial charge on any atom is -0.507 e. The van der Waals surface area contributed by atoms with Crippen LogP contribution in [0.3, 0.4) is 0 Å². The molecule has 21 heavy (non-hydrogen) atoms. The topological polar surface area (TPSA) is 74.0 Å². The van der Waals surface area contributed by atoms with E-state index in [0.717, 1.165) is 4.47 Å². The van der Waals surface area contributed by atoms with E-state index in [2.05, 4.69) is 31.4 Å². The van der Waals surface area contributed by atoms with E-state index in [-0.39, 0.29) is 17.4 Å². The summed E-state index contributed by atoms with van der Waals surface area (Å²) in [4.78, 5) is 11.9. The third-order valence-corrected chi connectivity index (χ3v) is 3.48. The number of benzene rings is 2. The van der Waals surface area contributed by atoms with Crippen LogP contribution in [-0.4, -0.2) is 22.9 Å². The standard InChI is InChI=1S/C15H10BrN3O2/c16-10-5-6-12-11(7-10)14(15(21)18-12)19-17-8-9-3-1-2-4-13(9)20/h1-8,20H,(H,18,19,21). The number of para-hydroxylation sites is 1. The van der Waals surface area contributed by atoms with Crippen LogP contribution in [0.5, 0.6) is 5.75 Å². The molecule has 1 aliphatic rings. The molecular formula is C15H10BrN3O2. The smallest absolute Gasteiger partial charge is 0.276 e. The van der Waals surface area contributed by atoms with Crippen molar-refractivity contribution < 1.29 is 9.90 Å². The number of carbonyl (C=O) groups excluding carboxylic acids is 1. The molecule has 0 radical (unpaired) electrons. The number of hydrogen-bond donors (Lipinski definition) is 2. The lowest BCUT2D eigenvalue weighted by Gasteiger charge is -1.97. The largest absolute Gasteiger partial charge is 0.507 e. The normalized spacial score (nSPS) is 15.5. The Hall–Kier alpha value is -2.47. The molecule has 2 aromatic carbocycles. The lowest BCUT2D eigenvalue weighted by Crippen LogP contribution is -2.13. The molecule has 104 valence electrons. The van der Waals surface area contributed by atoms with Gasteiger partial charge in [0, 0.05) is 15.6 Å². The van der Waals surface area contributed by atoms with Crippen molar-refractivity contribution in [1.82, 2.24) is 0 Å². The summed E-state index contributed by atoms with van der Waals surface area (Å²) in [5, 5.41) is 20.2. The first-order valence-corrected chi connectivity index (χ1v) is 6.95. The van der Waals surface area contributed by atoms with Crippen LogP contribution in [0.25, 0.3) is 0 Å². The van der Waals surface area contributed by atoms with Gasteiger partial charge in [-0.25, -0.2) is 0 Å². The van der Waals surface area contributed by atoms with Gasteiger partial charge >= 0.3 is 0 Å². The van der Waals surface area contributed by atoms with Crippen LogP contribution < -0.4 is 5.32 Å². The van der Waals surface area contributed by atoms with Crippen LogP contribution in [-0.2, 0) is 4.79 Å². The molecule has 2 aromatic rings. The zero-order valence-electron chi connectivity index (χ0n) is 10.7. The fraction of sp³-hybridized carbons (Fsp3) is 0. The van der Waals surface area contributed by atoms with Gasteiger partial charge in [-0.15, -0.1) is 5.10 Å². The van der Waals surface area contributed by atoms with Gasteiger partial charge in [0.05, 0.1) is 11.9 Å². The van der Waals surface area contributed by atoms with Crippen molar-refractivity contribution in [2.45, 2.75) is 0 Å². The predicted octanol–water partition coefficient (Wildman–Crippen LogP) is 2.93. The Kier molecular flexibility index (Phi) is 3.53. The van der Waals surface area contributed by atoms with E-state index in [4.69, 9.17) is 0 Å². The highest BCUT2D eigenvalue weighted by atomic mass is 79.9. The lowest BCUT2D eigenvalue weighted by atomic mass is 10.1. The van der Waals surface area contributed by atoms with E-state index in [1.165, 1.54) is 6.21 Å². The second kappa shape index (κ2) is 5.49. The first kappa shape index (κ1) is 13.5. The molecule has 0 aliphatic carbocycles. The minimum absolute atomic E-state index is 0.112. The number of hydrogen-bond acceptors (Lipinski definition) is 4. The van der Waals surface area contributed by atoms with E-state index in [9.17, 15) is 9.90 Å². The molecule has 0 saturated heterocycles. The SMILES string of the molecule is O=C1Nc2ccc(Br)cc2C1=NN=Cc1ccccc1O. The molecule has 0 atom stereocenters. The summed E-state index contributed by atoms with van der Waals surface area (Å²) >= 11 is 3.36. The highest BCUT2D eigenvalue weighted by Crippen LogP contribution is 2.26. The average Bonchev–Trinajstić information content (AvgIpc) is 2.77. The summed E-state index contributed by atoms with van der Waals surface area (Å²) in [5.74, 6) is -0.182. The van der Waals surface area contributed by atoms with Crippen LogP contribution in [0.4, 0.5) is 5.69 Å². The van der Waals surface area contributed by atoms with Crippen molar-refractivity contribution in [2.24, 2.45) is 10.2 Å². The predicted molar refractivity (Wildman–Crippen MR) is 85.0 cm³/mol. The minimum atomic E-state index is -0.294. The monoisotopic (exact) mass is 343 g/mol. The van der Waals surface area contributed by atoms with E-state index in [0.29, 0.717) is 16.8 Å². The van der Waals surface area contributed by atoms with Crippen molar-refractivity contribution in [2.75, 3.05) is 5.32 Å². The summed E-state index contributed by atoms with van der Waals surface area (Å²) in [6.45, 7) is 0. The van der Waals surface area contributed by atoms with Crippen LogP contribution in [0.15, 0.2) is 57.1 Å². The van der Waals surface area contributed by atoms with Crippen LogP contribution >= 0.6 is 15.9 Å². The van der Waals surface area contributed by atoms with Gasteiger partial charge in [0.2, 0.25) is 0 Å². The fourth-order valence-electron chi connectivity index (χ4n) is 1.97. The quantitative estimate of drug-likeness (QED) is 0.649. The van der Waals surface area contributed by atoms with Gasteiger partial charge in [0.1, 0.15) is 5.75 Å². The zero-order valence-corrected chi connectivity index (χ0v) is 12.3. The molecule has 0 spiro atoms. The number of carbonyl (C=O) groups is 1. The average molecular weight is 344 g/mol. The maximum absolute atomic E-state index is 11.9. The van der Waals surface area contributed by atoms with E-state index in [1.807, 2.05) is 12.1 Å². The zero-order chi connectivity index (χ0) is 14.8. The maximum Gasteiger partial charge on any atom is 0.276 e. The first-order valence-electron chi connectivity index (χ1n) is 6.15. The van der Waals surface area contributed by atoms with Gasteiger partial charge in [0.25, 0.3) is 5.91 Å². The van der Waals surface area contributed by atoms with Crippen LogP contribution in [0.1, 0.15) is 11.1 Å². The summed E-state index contributed by atoms with van der Waals surface area (Å²) in [6.07, 6.45) is 1.41. The van der Waals surface area contributed by atoms with Gasteiger partial charge in [-0.2, -0.15) is 5.10 Å². The molecule has 5 nitrogen and oxygen atoms in total. The fourth-order valence-corrected chi connectivity index (χ4v) is 2.33. The van der Waals surface area contributed by atoms with Crippen molar-refractivity contribution in [3.8, 4) is 5.75 Å².